The number of amides is 1. The van der Waals surface area contributed by atoms with E-state index in [1.165, 1.54) is 0 Å². The number of aromatic nitrogens is 2. The molecule has 0 saturated heterocycles. The Morgan fingerprint density at radius 1 is 1.07 bits per heavy atom. The lowest BCUT2D eigenvalue weighted by atomic mass is 10.1. The van der Waals surface area contributed by atoms with Crippen LogP contribution in [0.3, 0.4) is 0 Å². The molecule has 166 valence electrons. The number of sulfonamides is 1. The van der Waals surface area contributed by atoms with Gasteiger partial charge in [0.05, 0.1) is 17.9 Å². The summed E-state index contributed by atoms with van der Waals surface area (Å²) in [6.45, 7) is 13.1. The van der Waals surface area contributed by atoms with Crippen LogP contribution in [0.5, 0.6) is 0 Å². The Morgan fingerprint density at radius 3 is 2.23 bits per heavy atom. The van der Waals surface area contributed by atoms with Crippen molar-refractivity contribution in [3.8, 4) is 0 Å². The molecule has 2 rings (SSSR count). The van der Waals surface area contributed by atoms with Gasteiger partial charge < -0.3 is 5.32 Å². The zero-order chi connectivity index (χ0) is 22.5. The average molecular weight is 435 g/mol. The van der Waals surface area contributed by atoms with E-state index in [0.29, 0.717) is 24.4 Å². The molecule has 2 aromatic rings. The molecule has 0 bridgehead atoms. The molecule has 1 aromatic heterocycles. The first-order valence-corrected chi connectivity index (χ1v) is 12.0. The molecule has 30 heavy (non-hydrogen) atoms. The van der Waals surface area contributed by atoms with Gasteiger partial charge in [-0.3, -0.25) is 9.48 Å². The molecular formula is C22H34N4O3S. The third-order valence-corrected chi connectivity index (χ3v) is 6.24. The van der Waals surface area contributed by atoms with E-state index in [2.05, 4.69) is 29.0 Å². The average Bonchev–Trinajstić information content (AvgIpc) is 2.86. The fourth-order valence-corrected chi connectivity index (χ4v) is 4.74. The molecule has 0 saturated carbocycles. The van der Waals surface area contributed by atoms with Crippen LogP contribution in [0.25, 0.3) is 0 Å². The Hall–Kier alpha value is -2.19. The molecule has 0 spiro atoms. The number of hydrogen-bond acceptors (Lipinski definition) is 4. The zero-order valence-corrected chi connectivity index (χ0v) is 19.6. The smallest absolute Gasteiger partial charge is 0.224 e. The van der Waals surface area contributed by atoms with Gasteiger partial charge in [-0.25, -0.2) is 13.1 Å². The topological polar surface area (TPSA) is 93.1 Å². The second-order valence-electron chi connectivity index (χ2n) is 8.53. The van der Waals surface area contributed by atoms with Crippen molar-refractivity contribution < 1.29 is 13.2 Å². The zero-order valence-electron chi connectivity index (χ0n) is 18.8. The van der Waals surface area contributed by atoms with Gasteiger partial charge in [0.1, 0.15) is 0 Å². The van der Waals surface area contributed by atoms with E-state index >= 15 is 0 Å². The SMILES string of the molecule is Cc1nn(CC(C)C)c(C)c1CC(=O)NCc1ccc(CS(=O)(=O)NC(C)C)cc1. The van der Waals surface area contributed by atoms with E-state index in [1.54, 1.807) is 26.0 Å². The van der Waals surface area contributed by atoms with Gasteiger partial charge in [0.15, 0.2) is 0 Å². The van der Waals surface area contributed by atoms with E-state index in [4.69, 9.17) is 0 Å². The quantitative estimate of drug-likeness (QED) is 0.601. The van der Waals surface area contributed by atoms with Gasteiger partial charge in [-0.1, -0.05) is 38.1 Å². The molecular weight excluding hydrogens is 400 g/mol. The van der Waals surface area contributed by atoms with Gasteiger partial charge >= 0.3 is 0 Å². The minimum absolute atomic E-state index is 0.0573. The van der Waals surface area contributed by atoms with Crippen LogP contribution in [0.4, 0.5) is 0 Å². The minimum Gasteiger partial charge on any atom is -0.352 e. The summed E-state index contributed by atoms with van der Waals surface area (Å²) >= 11 is 0. The Morgan fingerprint density at radius 2 is 1.67 bits per heavy atom. The highest BCUT2D eigenvalue weighted by molar-refractivity contribution is 7.88. The second-order valence-corrected chi connectivity index (χ2v) is 10.3. The molecule has 0 unspecified atom stereocenters. The maximum absolute atomic E-state index is 12.4. The maximum atomic E-state index is 12.4. The highest BCUT2D eigenvalue weighted by Crippen LogP contribution is 2.15. The molecule has 7 nitrogen and oxygen atoms in total. The van der Waals surface area contributed by atoms with Gasteiger partial charge in [0.25, 0.3) is 0 Å². The van der Waals surface area contributed by atoms with Gasteiger partial charge in [-0.05, 0) is 44.7 Å². The summed E-state index contributed by atoms with van der Waals surface area (Å²) in [5.41, 5.74) is 4.54. The lowest BCUT2D eigenvalue weighted by Crippen LogP contribution is -2.31. The van der Waals surface area contributed by atoms with Crippen LogP contribution in [0.15, 0.2) is 24.3 Å². The molecule has 0 atom stereocenters. The second kappa shape index (κ2) is 10.2. The van der Waals surface area contributed by atoms with Gasteiger partial charge in [-0.2, -0.15) is 5.10 Å². The van der Waals surface area contributed by atoms with Crippen molar-refractivity contribution in [1.29, 1.82) is 0 Å². The number of hydrogen-bond donors (Lipinski definition) is 2. The summed E-state index contributed by atoms with van der Waals surface area (Å²) in [6, 6.07) is 7.13. The van der Waals surface area contributed by atoms with Crippen LogP contribution in [0.1, 0.15) is 55.8 Å². The Balaban J connectivity index is 1.92. The molecule has 1 heterocycles. The van der Waals surface area contributed by atoms with E-state index in [-0.39, 0.29) is 17.7 Å². The Kier molecular flexibility index (Phi) is 8.20. The molecule has 0 aliphatic carbocycles. The van der Waals surface area contributed by atoms with Crippen molar-refractivity contribution in [3.05, 3.63) is 52.3 Å². The van der Waals surface area contributed by atoms with Crippen LogP contribution < -0.4 is 10.0 Å². The largest absolute Gasteiger partial charge is 0.352 e. The predicted molar refractivity (Wildman–Crippen MR) is 119 cm³/mol. The van der Waals surface area contributed by atoms with Crippen LogP contribution >= 0.6 is 0 Å². The van der Waals surface area contributed by atoms with Crippen molar-refractivity contribution in [2.24, 2.45) is 5.92 Å². The van der Waals surface area contributed by atoms with Gasteiger partial charge in [-0.15, -0.1) is 0 Å². The number of benzene rings is 1. The highest BCUT2D eigenvalue weighted by Gasteiger charge is 2.16. The minimum atomic E-state index is -3.35. The summed E-state index contributed by atoms with van der Waals surface area (Å²) in [5.74, 6) is 0.374. The fourth-order valence-electron chi connectivity index (χ4n) is 3.31. The highest BCUT2D eigenvalue weighted by atomic mass is 32.2. The van der Waals surface area contributed by atoms with Crippen LogP contribution in [-0.2, 0) is 40.1 Å². The number of nitrogens with zero attached hydrogens (tertiary/aromatic N) is 2. The van der Waals surface area contributed by atoms with Crippen molar-refractivity contribution in [1.82, 2.24) is 19.8 Å². The number of rotatable bonds is 10. The number of nitrogens with one attached hydrogen (secondary N) is 2. The molecule has 1 aromatic carbocycles. The van der Waals surface area contributed by atoms with Crippen LogP contribution in [0, 0.1) is 19.8 Å². The first kappa shape index (κ1) is 24.1. The van der Waals surface area contributed by atoms with Crippen LogP contribution in [0.2, 0.25) is 0 Å². The van der Waals surface area contributed by atoms with Crippen molar-refractivity contribution in [2.75, 3.05) is 0 Å². The van der Waals surface area contributed by atoms with Crippen molar-refractivity contribution in [2.45, 2.75) is 72.8 Å². The molecule has 0 radical (unpaired) electrons. The summed E-state index contributed by atoms with van der Waals surface area (Å²) in [4.78, 5) is 12.4. The first-order chi connectivity index (χ1) is 14.0. The molecule has 1 amide bonds. The standard InChI is InChI=1S/C22H34N4O3S/c1-15(2)13-26-18(6)21(17(5)24-26)11-22(27)23-12-19-7-9-20(10-8-19)14-30(28,29)25-16(3)4/h7-10,15-16,25H,11-14H2,1-6H3,(H,23,27). The third-order valence-electron chi connectivity index (χ3n) is 4.69. The summed E-state index contributed by atoms with van der Waals surface area (Å²) in [7, 11) is -3.35. The van der Waals surface area contributed by atoms with Crippen LogP contribution in [-0.4, -0.2) is 30.1 Å². The lowest BCUT2D eigenvalue weighted by Gasteiger charge is -2.10. The summed E-state index contributed by atoms with van der Waals surface area (Å²) < 4.78 is 28.6. The van der Waals surface area contributed by atoms with Crippen molar-refractivity contribution >= 4 is 15.9 Å². The number of carbonyl (C=O) groups excluding carboxylic acids is 1. The van der Waals surface area contributed by atoms with Crippen molar-refractivity contribution in [3.63, 3.8) is 0 Å². The maximum Gasteiger partial charge on any atom is 0.224 e. The number of aryl methyl sites for hydroxylation is 1. The van der Waals surface area contributed by atoms with E-state index < -0.39 is 10.0 Å². The first-order valence-electron chi connectivity index (χ1n) is 10.3. The molecule has 8 heteroatoms. The summed E-state index contributed by atoms with van der Waals surface area (Å²) in [5, 5.41) is 7.50. The normalized spacial score (nSPS) is 12.0. The molecule has 0 aliphatic rings. The Bertz CT molecular complexity index is 961. The van der Waals surface area contributed by atoms with E-state index in [1.807, 2.05) is 30.7 Å². The third kappa shape index (κ3) is 7.25. The summed E-state index contributed by atoms with van der Waals surface area (Å²) in [6.07, 6.45) is 0.299. The number of carbonyl (C=O) groups is 1. The molecule has 0 fully saturated rings. The van der Waals surface area contributed by atoms with E-state index in [9.17, 15) is 13.2 Å². The monoisotopic (exact) mass is 434 g/mol. The predicted octanol–water partition coefficient (Wildman–Crippen LogP) is 2.84. The van der Waals surface area contributed by atoms with E-state index in [0.717, 1.165) is 29.1 Å². The lowest BCUT2D eigenvalue weighted by molar-refractivity contribution is -0.120. The molecule has 0 aliphatic heterocycles. The van der Waals surface area contributed by atoms with Gasteiger partial charge in [0.2, 0.25) is 15.9 Å². The molecule has 2 N–H and O–H groups in total. The fraction of sp³-hybridized carbons (Fsp3) is 0.545. The van der Waals surface area contributed by atoms with Gasteiger partial charge in [0, 0.05) is 30.4 Å². The Labute approximate surface area is 180 Å².